The summed E-state index contributed by atoms with van der Waals surface area (Å²) in [5.41, 5.74) is 0. The van der Waals surface area contributed by atoms with Crippen molar-refractivity contribution in [2.45, 2.75) is 38.5 Å². The Morgan fingerprint density at radius 1 is 0.714 bits per heavy atom. The van der Waals surface area contributed by atoms with Crippen LogP contribution in [0.25, 0.3) is 0 Å². The molecule has 0 bridgehead atoms. The zero-order valence-corrected chi connectivity index (χ0v) is 14.1. The van der Waals surface area contributed by atoms with Crippen LogP contribution < -0.4 is 0 Å². The van der Waals surface area contributed by atoms with E-state index in [9.17, 15) is 9.59 Å². The number of hydrogen-bond acceptors (Lipinski definition) is 2. The number of amides is 2. The SMILES string of the molecule is O=C(c1ccc(C(=O)N2CCCCC2)[se]1)N1CCCCC1. The van der Waals surface area contributed by atoms with Gasteiger partial charge in [0.15, 0.2) is 0 Å². The molecule has 0 spiro atoms. The normalized spacial score (nSPS) is 19.6. The van der Waals surface area contributed by atoms with E-state index in [1.807, 2.05) is 21.9 Å². The Kier molecular flexibility index (Phi) is 4.81. The van der Waals surface area contributed by atoms with E-state index in [4.69, 9.17) is 0 Å². The molecule has 1 aromatic rings. The third-order valence-corrected chi connectivity index (χ3v) is 6.54. The third-order valence-electron chi connectivity index (χ3n) is 4.31. The Hall–Kier alpha value is -1.06. The summed E-state index contributed by atoms with van der Waals surface area (Å²) in [7, 11) is 0. The van der Waals surface area contributed by atoms with Crippen molar-refractivity contribution in [3.05, 3.63) is 21.0 Å². The molecule has 21 heavy (non-hydrogen) atoms. The fraction of sp³-hybridized carbons (Fsp3) is 0.625. The van der Waals surface area contributed by atoms with Gasteiger partial charge in [0.25, 0.3) is 0 Å². The molecular formula is C16H22N2O2Se. The Balaban J connectivity index is 1.67. The molecule has 0 saturated carbocycles. The molecule has 2 fully saturated rings. The van der Waals surface area contributed by atoms with Crippen molar-refractivity contribution in [3.8, 4) is 0 Å². The average Bonchev–Trinajstić information content (AvgIpc) is 3.05. The molecule has 1 aromatic heterocycles. The van der Waals surface area contributed by atoms with E-state index in [-0.39, 0.29) is 26.3 Å². The number of likely N-dealkylation sites (tertiary alicyclic amines) is 2. The van der Waals surface area contributed by atoms with Gasteiger partial charge in [-0.25, -0.2) is 0 Å². The van der Waals surface area contributed by atoms with E-state index in [1.54, 1.807) is 0 Å². The molecule has 0 unspecified atom stereocenters. The topological polar surface area (TPSA) is 40.6 Å². The fourth-order valence-electron chi connectivity index (χ4n) is 3.07. The van der Waals surface area contributed by atoms with E-state index in [2.05, 4.69) is 0 Å². The van der Waals surface area contributed by atoms with Crippen LogP contribution in [0.4, 0.5) is 0 Å². The number of rotatable bonds is 2. The zero-order valence-electron chi connectivity index (χ0n) is 12.3. The van der Waals surface area contributed by atoms with Crippen molar-refractivity contribution in [3.63, 3.8) is 0 Å². The van der Waals surface area contributed by atoms with Crippen molar-refractivity contribution >= 4 is 26.3 Å². The van der Waals surface area contributed by atoms with E-state index >= 15 is 0 Å². The summed E-state index contributed by atoms with van der Waals surface area (Å²) in [5, 5.41) is 0. The molecule has 0 aromatic carbocycles. The van der Waals surface area contributed by atoms with Crippen molar-refractivity contribution in [1.82, 2.24) is 9.80 Å². The number of nitrogens with zero attached hydrogens (tertiary/aromatic N) is 2. The van der Waals surface area contributed by atoms with Crippen molar-refractivity contribution in [1.29, 1.82) is 0 Å². The quantitative estimate of drug-likeness (QED) is 0.763. The van der Waals surface area contributed by atoms with Crippen LogP contribution in [-0.4, -0.2) is 62.3 Å². The van der Waals surface area contributed by atoms with E-state index in [0.717, 1.165) is 60.7 Å². The van der Waals surface area contributed by atoms with Gasteiger partial charge in [-0.3, -0.25) is 0 Å². The van der Waals surface area contributed by atoms with Gasteiger partial charge in [0.1, 0.15) is 0 Å². The van der Waals surface area contributed by atoms with Gasteiger partial charge < -0.3 is 0 Å². The zero-order chi connectivity index (χ0) is 14.7. The number of hydrogen-bond donors (Lipinski definition) is 0. The van der Waals surface area contributed by atoms with Crippen LogP contribution in [0.15, 0.2) is 12.1 Å². The van der Waals surface area contributed by atoms with Gasteiger partial charge in [-0.1, -0.05) is 0 Å². The molecule has 114 valence electrons. The van der Waals surface area contributed by atoms with Crippen LogP contribution in [0.1, 0.15) is 57.0 Å². The Bertz CT molecular complexity index is 470. The van der Waals surface area contributed by atoms with E-state index in [0.29, 0.717) is 0 Å². The Labute approximate surface area is 131 Å². The minimum atomic E-state index is -0.108. The van der Waals surface area contributed by atoms with Crippen LogP contribution >= 0.6 is 0 Å². The molecule has 2 saturated heterocycles. The molecular weight excluding hydrogens is 331 g/mol. The molecule has 3 rings (SSSR count). The van der Waals surface area contributed by atoms with Crippen LogP contribution in [0, 0.1) is 0 Å². The average molecular weight is 353 g/mol. The van der Waals surface area contributed by atoms with Crippen LogP contribution in [0.3, 0.4) is 0 Å². The molecule has 5 heteroatoms. The monoisotopic (exact) mass is 354 g/mol. The Morgan fingerprint density at radius 2 is 1.10 bits per heavy atom. The fourth-order valence-corrected chi connectivity index (χ4v) is 5.05. The summed E-state index contributed by atoms with van der Waals surface area (Å²) >= 11 is -0.108. The number of piperidine rings is 2. The molecule has 0 atom stereocenters. The van der Waals surface area contributed by atoms with Gasteiger partial charge in [0.2, 0.25) is 0 Å². The van der Waals surface area contributed by atoms with Crippen molar-refractivity contribution in [2.75, 3.05) is 26.2 Å². The molecule has 0 aliphatic carbocycles. The maximum atomic E-state index is 12.5. The minimum absolute atomic E-state index is 0.108. The molecule has 3 heterocycles. The number of carbonyl (C=O) groups is 2. The first kappa shape index (κ1) is 14.9. The second-order valence-corrected chi connectivity index (χ2v) is 8.14. The summed E-state index contributed by atoms with van der Waals surface area (Å²) in [6, 6.07) is 3.77. The van der Waals surface area contributed by atoms with E-state index < -0.39 is 0 Å². The molecule has 2 aliphatic rings. The summed E-state index contributed by atoms with van der Waals surface area (Å²) < 4.78 is 1.70. The Morgan fingerprint density at radius 3 is 1.48 bits per heavy atom. The van der Waals surface area contributed by atoms with Gasteiger partial charge in [-0.05, 0) is 0 Å². The van der Waals surface area contributed by atoms with Crippen molar-refractivity contribution in [2.24, 2.45) is 0 Å². The molecule has 2 aliphatic heterocycles. The summed E-state index contributed by atoms with van der Waals surface area (Å²) in [6.45, 7) is 3.51. The van der Waals surface area contributed by atoms with Crippen LogP contribution in [-0.2, 0) is 0 Å². The second-order valence-electron chi connectivity index (χ2n) is 5.87. The molecule has 0 radical (unpaired) electrons. The molecule has 0 N–H and O–H groups in total. The summed E-state index contributed by atoms with van der Waals surface area (Å²) in [4.78, 5) is 28.8. The van der Waals surface area contributed by atoms with Crippen molar-refractivity contribution < 1.29 is 9.59 Å². The summed E-state index contributed by atoms with van der Waals surface area (Å²) in [6.07, 6.45) is 6.89. The number of carbonyl (C=O) groups excluding carboxylic acids is 2. The maximum absolute atomic E-state index is 12.5. The predicted octanol–water partition coefficient (Wildman–Crippen LogP) is 2.00. The summed E-state index contributed by atoms with van der Waals surface area (Å²) in [5.74, 6) is 0.319. The first-order valence-corrected chi connectivity index (χ1v) is 9.65. The van der Waals surface area contributed by atoms with Gasteiger partial charge in [0.05, 0.1) is 0 Å². The van der Waals surface area contributed by atoms with Gasteiger partial charge in [-0.15, -0.1) is 0 Å². The first-order chi connectivity index (χ1) is 10.3. The second kappa shape index (κ2) is 6.80. The van der Waals surface area contributed by atoms with Gasteiger partial charge >= 0.3 is 131 Å². The predicted molar refractivity (Wildman–Crippen MR) is 82.9 cm³/mol. The van der Waals surface area contributed by atoms with Crippen LogP contribution in [0.5, 0.6) is 0 Å². The molecule has 4 nitrogen and oxygen atoms in total. The van der Waals surface area contributed by atoms with Gasteiger partial charge in [0, 0.05) is 0 Å². The molecule has 2 amide bonds. The third kappa shape index (κ3) is 3.41. The van der Waals surface area contributed by atoms with E-state index in [1.165, 1.54) is 12.8 Å². The van der Waals surface area contributed by atoms with Gasteiger partial charge in [-0.2, -0.15) is 0 Å². The van der Waals surface area contributed by atoms with Crippen LogP contribution in [0.2, 0.25) is 0 Å². The first-order valence-electron chi connectivity index (χ1n) is 7.94. The standard InChI is InChI=1S/C16H22N2O2Se/c19-15(17-9-3-1-4-10-17)13-7-8-14(21-13)16(20)18-11-5-2-6-12-18/h7-8H,1-6,9-12H2.